The molecule has 1 N–H and O–H groups in total. The largest absolute Gasteiger partial charge is 0.197 e. The number of hydrogen-bond donors (Lipinski definition) is 1. The smallest absolute Gasteiger partial charge is 0.138 e. The molecule has 1 heterocycles. The first-order valence-corrected chi connectivity index (χ1v) is 2.21. The highest BCUT2D eigenvalue weighted by atomic mass is 15.3. The second-order valence-electron chi connectivity index (χ2n) is 1.24. The van der Waals surface area contributed by atoms with E-state index in [1.54, 1.807) is 0 Å². The Balaban J connectivity index is 2.76. The third-order valence-electron chi connectivity index (χ3n) is 0.755. The van der Waals surface area contributed by atoms with Crippen molar-refractivity contribution in [1.29, 1.82) is 0 Å². The van der Waals surface area contributed by atoms with E-state index in [4.69, 9.17) is 0 Å². The molecule has 7 heavy (non-hydrogen) atoms. The predicted octanol–water partition coefficient (Wildman–Crippen LogP) is 0.167. The maximum Gasteiger partial charge on any atom is 0.138 e. The molecule has 0 aliphatic rings. The van der Waals surface area contributed by atoms with Crippen molar-refractivity contribution in [1.82, 2.24) is 15.4 Å². The predicted molar refractivity (Wildman–Crippen MR) is 24.6 cm³/mol. The topological polar surface area (TPSA) is 41.6 Å². The summed E-state index contributed by atoms with van der Waals surface area (Å²) < 4.78 is 0. The molecule has 0 unspecified atom stereocenters. The zero-order valence-electron chi connectivity index (χ0n) is 4.10. The zero-order chi connectivity index (χ0) is 5.11. The summed E-state index contributed by atoms with van der Waals surface area (Å²) in [4.78, 5) is 0. The highest BCUT2D eigenvalue weighted by molar-refractivity contribution is 4.85. The molecule has 1 rings (SSSR count). The van der Waals surface area contributed by atoms with Crippen molar-refractivity contribution in [2.75, 3.05) is 0 Å². The maximum absolute atomic E-state index is 3.74. The average Bonchev–Trinajstić information content (AvgIpc) is 2.14. The molecule has 0 saturated heterocycles. The van der Waals surface area contributed by atoms with Gasteiger partial charge in [-0.2, -0.15) is 15.4 Å². The van der Waals surface area contributed by atoms with Crippen molar-refractivity contribution >= 4 is 0 Å². The molecule has 0 amide bonds. The van der Waals surface area contributed by atoms with Gasteiger partial charge in [-0.05, 0) is 6.42 Å². The van der Waals surface area contributed by atoms with E-state index in [2.05, 4.69) is 21.6 Å². The molecule has 1 radical (unpaired) electrons. The van der Waals surface area contributed by atoms with E-state index in [0.29, 0.717) is 0 Å². The van der Waals surface area contributed by atoms with Gasteiger partial charge in [0.25, 0.3) is 0 Å². The van der Waals surface area contributed by atoms with Crippen molar-refractivity contribution in [3.05, 3.63) is 11.9 Å². The van der Waals surface area contributed by atoms with E-state index in [1.165, 1.54) is 0 Å². The van der Waals surface area contributed by atoms with Crippen LogP contribution in [0.15, 0.2) is 0 Å². The molecule has 0 aliphatic heterocycles. The van der Waals surface area contributed by atoms with E-state index >= 15 is 0 Å². The van der Waals surface area contributed by atoms with Crippen LogP contribution in [0.25, 0.3) is 0 Å². The summed E-state index contributed by atoms with van der Waals surface area (Å²) in [5.74, 6) is 0. The van der Waals surface area contributed by atoms with Crippen molar-refractivity contribution in [2.24, 2.45) is 0 Å². The molecule has 0 spiro atoms. The number of nitrogens with zero attached hydrogens (tertiary/aromatic N) is 2. The number of rotatable bonds is 1. The average molecular weight is 96.1 g/mol. The van der Waals surface area contributed by atoms with Crippen LogP contribution in [-0.2, 0) is 6.42 Å². The Bertz CT molecular complexity index is 121. The second kappa shape index (κ2) is 1.73. The second-order valence-corrected chi connectivity index (χ2v) is 1.24. The highest BCUT2D eigenvalue weighted by Crippen LogP contribution is 1.84. The van der Waals surface area contributed by atoms with Crippen LogP contribution < -0.4 is 0 Å². The van der Waals surface area contributed by atoms with Crippen molar-refractivity contribution in [3.63, 3.8) is 0 Å². The van der Waals surface area contributed by atoms with Crippen LogP contribution in [0.5, 0.6) is 0 Å². The van der Waals surface area contributed by atoms with Gasteiger partial charge in [0.05, 0.1) is 5.69 Å². The number of aromatic amines is 1. The van der Waals surface area contributed by atoms with Gasteiger partial charge in [-0.25, -0.2) is 0 Å². The van der Waals surface area contributed by atoms with Gasteiger partial charge in [-0.3, -0.25) is 0 Å². The molecule has 3 nitrogen and oxygen atoms in total. The lowest BCUT2D eigenvalue weighted by Gasteiger charge is -1.73. The summed E-state index contributed by atoms with van der Waals surface area (Å²) in [5, 5.41) is 9.70. The fourth-order valence-electron chi connectivity index (χ4n) is 0.358. The van der Waals surface area contributed by atoms with E-state index < -0.39 is 0 Å². The minimum atomic E-state index is 0.889. The Morgan fingerprint density at radius 3 is 3.00 bits per heavy atom. The lowest BCUT2D eigenvalue weighted by Crippen LogP contribution is -1.76. The normalized spacial score (nSPS) is 9.29. The van der Waals surface area contributed by atoms with Gasteiger partial charge in [0.15, 0.2) is 0 Å². The van der Waals surface area contributed by atoms with Gasteiger partial charge in [0.1, 0.15) is 6.20 Å². The number of aryl methyl sites for hydroxylation is 1. The van der Waals surface area contributed by atoms with E-state index in [1.807, 2.05) is 6.92 Å². The summed E-state index contributed by atoms with van der Waals surface area (Å²) in [7, 11) is 0. The van der Waals surface area contributed by atoms with Gasteiger partial charge >= 0.3 is 0 Å². The van der Waals surface area contributed by atoms with Crippen LogP contribution in [0, 0.1) is 6.20 Å². The van der Waals surface area contributed by atoms with Crippen LogP contribution in [0.1, 0.15) is 12.6 Å². The lowest BCUT2D eigenvalue weighted by molar-refractivity contribution is 0.908. The molecular formula is C4H6N3. The Hall–Kier alpha value is -0.860. The molecule has 0 atom stereocenters. The Kier molecular flexibility index (Phi) is 1.06. The van der Waals surface area contributed by atoms with Gasteiger partial charge in [0.2, 0.25) is 0 Å². The number of hydrogen-bond acceptors (Lipinski definition) is 2. The molecule has 0 aromatic carbocycles. The van der Waals surface area contributed by atoms with Crippen LogP contribution >= 0.6 is 0 Å². The Morgan fingerprint density at radius 2 is 2.71 bits per heavy atom. The molecule has 0 fully saturated rings. The fourth-order valence-corrected chi connectivity index (χ4v) is 0.358. The van der Waals surface area contributed by atoms with E-state index in [9.17, 15) is 0 Å². The summed E-state index contributed by atoms with van der Waals surface area (Å²) in [6.07, 6.45) is 3.57. The number of aromatic nitrogens is 3. The summed E-state index contributed by atoms with van der Waals surface area (Å²) in [6, 6.07) is 0. The van der Waals surface area contributed by atoms with Crippen molar-refractivity contribution in [2.45, 2.75) is 13.3 Å². The minimum absolute atomic E-state index is 0.889. The molecule has 37 valence electrons. The van der Waals surface area contributed by atoms with Crippen molar-refractivity contribution < 1.29 is 0 Å². The molecule has 1 aromatic rings. The SMILES string of the molecule is CCc1[c]n[nH]n1. The first kappa shape index (κ1) is 4.30. The maximum atomic E-state index is 3.74. The standard InChI is InChI=1S/C4H6N3/c1-2-4-3-5-7-6-4/h2H2,1H3,(H,5,6,7). The summed E-state index contributed by atoms with van der Waals surface area (Å²) >= 11 is 0. The number of H-pyrrole nitrogens is 1. The van der Waals surface area contributed by atoms with Gasteiger partial charge in [-0.1, -0.05) is 6.92 Å². The van der Waals surface area contributed by atoms with E-state index in [0.717, 1.165) is 12.1 Å². The molecule has 0 saturated carbocycles. The summed E-state index contributed by atoms with van der Waals surface area (Å²) in [6.45, 7) is 2.01. The van der Waals surface area contributed by atoms with Gasteiger partial charge < -0.3 is 0 Å². The molecule has 3 heteroatoms. The molecule has 0 bridgehead atoms. The highest BCUT2D eigenvalue weighted by Gasteiger charge is 1.86. The molecule has 0 aliphatic carbocycles. The first-order chi connectivity index (χ1) is 3.43. The monoisotopic (exact) mass is 96.1 g/mol. The van der Waals surface area contributed by atoms with E-state index in [-0.39, 0.29) is 0 Å². The zero-order valence-corrected chi connectivity index (χ0v) is 4.10. The van der Waals surface area contributed by atoms with Crippen LogP contribution in [0.4, 0.5) is 0 Å². The van der Waals surface area contributed by atoms with Crippen LogP contribution in [0.3, 0.4) is 0 Å². The molecule has 1 aromatic heterocycles. The van der Waals surface area contributed by atoms with Crippen LogP contribution in [-0.4, -0.2) is 15.4 Å². The molecular weight excluding hydrogens is 90.1 g/mol. The third-order valence-corrected chi connectivity index (χ3v) is 0.755. The van der Waals surface area contributed by atoms with Crippen molar-refractivity contribution in [3.8, 4) is 0 Å². The number of nitrogens with one attached hydrogen (secondary N) is 1. The Labute approximate surface area is 41.7 Å². The van der Waals surface area contributed by atoms with Gasteiger partial charge in [0, 0.05) is 0 Å². The summed E-state index contributed by atoms with van der Waals surface area (Å²) in [5.41, 5.74) is 0.889. The van der Waals surface area contributed by atoms with Crippen LogP contribution in [0.2, 0.25) is 0 Å². The lowest BCUT2D eigenvalue weighted by atomic mass is 10.4. The quantitative estimate of drug-likeness (QED) is 0.541. The first-order valence-electron chi connectivity index (χ1n) is 2.21. The fraction of sp³-hybridized carbons (Fsp3) is 0.500. The third kappa shape index (κ3) is 0.765. The van der Waals surface area contributed by atoms with Gasteiger partial charge in [-0.15, -0.1) is 0 Å². The minimum Gasteiger partial charge on any atom is -0.197 e. The Morgan fingerprint density at radius 1 is 1.86 bits per heavy atom.